The van der Waals surface area contributed by atoms with Crippen LogP contribution >= 0.6 is 0 Å². The third-order valence-electron chi connectivity index (χ3n) is 2.64. The average molecular weight is 242 g/mol. The molecule has 2 aromatic rings. The van der Waals surface area contributed by atoms with Gasteiger partial charge in [0.15, 0.2) is 0 Å². The van der Waals surface area contributed by atoms with Crippen LogP contribution in [-0.4, -0.2) is 6.61 Å². The fourth-order valence-electron chi connectivity index (χ4n) is 1.64. The normalized spacial score (nSPS) is 10.3. The van der Waals surface area contributed by atoms with Gasteiger partial charge in [0.2, 0.25) is 0 Å². The van der Waals surface area contributed by atoms with Crippen LogP contribution in [0.3, 0.4) is 0 Å². The predicted octanol–water partition coefficient (Wildman–Crippen LogP) is 3.80. The predicted molar refractivity (Wildman–Crippen MR) is 72.5 cm³/mol. The standard InChI is InChI=1S/C16H18O2/c1-2-17-12-15-8-10-16(11-9-15)18-13-14-6-4-3-5-7-14/h3-11H,2,12-13H2,1H3. The van der Waals surface area contributed by atoms with E-state index in [1.807, 2.05) is 49.4 Å². The average Bonchev–Trinajstić information content (AvgIpc) is 2.45. The minimum Gasteiger partial charge on any atom is -0.489 e. The van der Waals surface area contributed by atoms with Crippen LogP contribution in [0.1, 0.15) is 18.1 Å². The molecule has 0 bridgehead atoms. The Kier molecular flexibility index (Phi) is 4.79. The van der Waals surface area contributed by atoms with E-state index >= 15 is 0 Å². The Balaban J connectivity index is 1.86. The summed E-state index contributed by atoms with van der Waals surface area (Å²) in [5.41, 5.74) is 2.35. The highest BCUT2D eigenvalue weighted by Gasteiger charge is 1.97. The zero-order valence-corrected chi connectivity index (χ0v) is 10.6. The Bertz CT molecular complexity index is 448. The van der Waals surface area contributed by atoms with Gasteiger partial charge in [0.05, 0.1) is 6.61 Å². The molecule has 0 spiro atoms. The summed E-state index contributed by atoms with van der Waals surface area (Å²) >= 11 is 0. The number of ether oxygens (including phenoxy) is 2. The topological polar surface area (TPSA) is 18.5 Å². The summed E-state index contributed by atoms with van der Waals surface area (Å²) in [6, 6.07) is 18.2. The van der Waals surface area contributed by atoms with Crippen LogP contribution in [0.5, 0.6) is 5.75 Å². The van der Waals surface area contributed by atoms with E-state index < -0.39 is 0 Å². The van der Waals surface area contributed by atoms with Crippen molar-refractivity contribution in [3.05, 3.63) is 65.7 Å². The van der Waals surface area contributed by atoms with Crippen LogP contribution < -0.4 is 4.74 Å². The first-order chi connectivity index (χ1) is 8.88. The van der Waals surface area contributed by atoms with Crippen LogP contribution in [0, 0.1) is 0 Å². The molecule has 2 aromatic carbocycles. The fraction of sp³-hybridized carbons (Fsp3) is 0.250. The van der Waals surface area contributed by atoms with Crippen molar-refractivity contribution in [3.63, 3.8) is 0 Å². The lowest BCUT2D eigenvalue weighted by Crippen LogP contribution is -1.96. The molecule has 0 radical (unpaired) electrons. The quantitative estimate of drug-likeness (QED) is 0.767. The van der Waals surface area contributed by atoms with Crippen LogP contribution in [0.15, 0.2) is 54.6 Å². The summed E-state index contributed by atoms with van der Waals surface area (Å²) in [7, 11) is 0. The molecule has 0 aliphatic rings. The van der Waals surface area contributed by atoms with Gasteiger partial charge < -0.3 is 9.47 Å². The molecule has 2 heteroatoms. The highest BCUT2D eigenvalue weighted by molar-refractivity contribution is 5.27. The molecule has 0 fully saturated rings. The van der Waals surface area contributed by atoms with Crippen molar-refractivity contribution in [2.45, 2.75) is 20.1 Å². The summed E-state index contributed by atoms with van der Waals surface area (Å²) in [5, 5.41) is 0. The molecule has 0 saturated carbocycles. The SMILES string of the molecule is CCOCc1ccc(OCc2ccccc2)cc1. The molecule has 0 atom stereocenters. The first kappa shape index (κ1) is 12.7. The van der Waals surface area contributed by atoms with E-state index in [1.54, 1.807) is 0 Å². The summed E-state index contributed by atoms with van der Waals surface area (Å²) < 4.78 is 11.1. The Labute approximate surface area is 108 Å². The van der Waals surface area contributed by atoms with Crippen LogP contribution in [0.2, 0.25) is 0 Å². The van der Waals surface area contributed by atoms with Crippen molar-refractivity contribution < 1.29 is 9.47 Å². The monoisotopic (exact) mass is 242 g/mol. The Morgan fingerprint density at radius 2 is 1.44 bits per heavy atom. The Morgan fingerprint density at radius 3 is 2.11 bits per heavy atom. The lowest BCUT2D eigenvalue weighted by Gasteiger charge is -2.07. The maximum absolute atomic E-state index is 5.71. The van der Waals surface area contributed by atoms with Gasteiger partial charge in [0, 0.05) is 6.61 Å². The maximum Gasteiger partial charge on any atom is 0.119 e. The molecule has 94 valence electrons. The first-order valence-electron chi connectivity index (χ1n) is 6.22. The molecular formula is C16H18O2. The second-order valence-electron chi connectivity index (χ2n) is 4.06. The van der Waals surface area contributed by atoms with Crippen molar-refractivity contribution in [1.82, 2.24) is 0 Å². The molecule has 0 heterocycles. The fourth-order valence-corrected chi connectivity index (χ4v) is 1.64. The van der Waals surface area contributed by atoms with Crippen LogP contribution in [-0.2, 0) is 18.0 Å². The third kappa shape index (κ3) is 3.90. The van der Waals surface area contributed by atoms with Gasteiger partial charge in [-0.1, -0.05) is 42.5 Å². The summed E-state index contributed by atoms with van der Waals surface area (Å²) in [4.78, 5) is 0. The number of hydrogen-bond donors (Lipinski definition) is 0. The van der Waals surface area contributed by atoms with E-state index in [1.165, 1.54) is 11.1 Å². The van der Waals surface area contributed by atoms with Crippen molar-refractivity contribution in [2.24, 2.45) is 0 Å². The summed E-state index contributed by atoms with van der Waals surface area (Å²) in [6.07, 6.45) is 0. The molecular weight excluding hydrogens is 224 g/mol. The molecule has 0 amide bonds. The zero-order chi connectivity index (χ0) is 12.6. The van der Waals surface area contributed by atoms with Crippen molar-refractivity contribution >= 4 is 0 Å². The minimum absolute atomic E-state index is 0.603. The summed E-state index contributed by atoms with van der Waals surface area (Å²) in [5.74, 6) is 0.888. The van der Waals surface area contributed by atoms with Crippen LogP contribution in [0.25, 0.3) is 0 Å². The molecule has 0 N–H and O–H groups in total. The third-order valence-corrected chi connectivity index (χ3v) is 2.64. The van der Waals surface area contributed by atoms with Crippen molar-refractivity contribution in [2.75, 3.05) is 6.61 Å². The summed E-state index contributed by atoms with van der Waals surface area (Å²) in [6.45, 7) is 4.00. The zero-order valence-electron chi connectivity index (χ0n) is 10.6. The molecule has 2 rings (SSSR count). The second kappa shape index (κ2) is 6.82. The van der Waals surface area contributed by atoms with E-state index in [2.05, 4.69) is 12.1 Å². The largest absolute Gasteiger partial charge is 0.489 e. The van der Waals surface area contributed by atoms with Gasteiger partial charge in [-0.25, -0.2) is 0 Å². The van der Waals surface area contributed by atoms with Gasteiger partial charge in [-0.05, 0) is 30.2 Å². The van der Waals surface area contributed by atoms with E-state index in [0.29, 0.717) is 13.2 Å². The molecule has 18 heavy (non-hydrogen) atoms. The van der Waals surface area contributed by atoms with Crippen LogP contribution in [0.4, 0.5) is 0 Å². The molecule has 2 nitrogen and oxygen atoms in total. The lowest BCUT2D eigenvalue weighted by atomic mass is 10.2. The van der Waals surface area contributed by atoms with Gasteiger partial charge in [-0.2, -0.15) is 0 Å². The van der Waals surface area contributed by atoms with Crippen molar-refractivity contribution in [3.8, 4) is 5.75 Å². The van der Waals surface area contributed by atoms with E-state index in [9.17, 15) is 0 Å². The molecule has 0 saturated heterocycles. The minimum atomic E-state index is 0.603. The number of hydrogen-bond acceptors (Lipinski definition) is 2. The van der Waals surface area contributed by atoms with Gasteiger partial charge in [0.25, 0.3) is 0 Å². The van der Waals surface area contributed by atoms with E-state index in [-0.39, 0.29) is 0 Å². The highest BCUT2D eigenvalue weighted by atomic mass is 16.5. The molecule has 0 aliphatic carbocycles. The number of benzene rings is 2. The number of rotatable bonds is 6. The van der Waals surface area contributed by atoms with Gasteiger partial charge >= 0.3 is 0 Å². The molecule has 0 unspecified atom stereocenters. The molecule has 0 aromatic heterocycles. The van der Waals surface area contributed by atoms with Gasteiger partial charge in [-0.3, -0.25) is 0 Å². The second-order valence-corrected chi connectivity index (χ2v) is 4.06. The Hall–Kier alpha value is -1.80. The Morgan fingerprint density at radius 1 is 0.778 bits per heavy atom. The smallest absolute Gasteiger partial charge is 0.119 e. The van der Waals surface area contributed by atoms with Crippen molar-refractivity contribution in [1.29, 1.82) is 0 Å². The highest BCUT2D eigenvalue weighted by Crippen LogP contribution is 2.14. The van der Waals surface area contributed by atoms with Gasteiger partial charge in [0.1, 0.15) is 12.4 Å². The van der Waals surface area contributed by atoms with E-state index in [0.717, 1.165) is 12.4 Å². The lowest BCUT2D eigenvalue weighted by molar-refractivity contribution is 0.134. The first-order valence-corrected chi connectivity index (χ1v) is 6.22. The van der Waals surface area contributed by atoms with Gasteiger partial charge in [-0.15, -0.1) is 0 Å². The van der Waals surface area contributed by atoms with E-state index in [4.69, 9.17) is 9.47 Å². The molecule has 0 aliphatic heterocycles. The maximum atomic E-state index is 5.71.